The van der Waals surface area contributed by atoms with Crippen molar-refractivity contribution in [2.24, 2.45) is 5.92 Å². The number of esters is 1. The van der Waals surface area contributed by atoms with Crippen LogP contribution in [0.3, 0.4) is 0 Å². The highest BCUT2D eigenvalue weighted by Gasteiger charge is 2.18. The molecule has 0 radical (unpaired) electrons. The van der Waals surface area contributed by atoms with E-state index < -0.39 is 0 Å². The lowest BCUT2D eigenvalue weighted by atomic mass is 9.98. The van der Waals surface area contributed by atoms with Gasteiger partial charge < -0.3 is 4.74 Å². The van der Waals surface area contributed by atoms with Gasteiger partial charge in [-0.05, 0) is 43.4 Å². The summed E-state index contributed by atoms with van der Waals surface area (Å²) in [7, 11) is 1.40. The van der Waals surface area contributed by atoms with Crippen molar-refractivity contribution in [2.75, 3.05) is 7.11 Å². The Labute approximate surface area is 165 Å². The van der Waals surface area contributed by atoms with Crippen molar-refractivity contribution < 1.29 is 9.53 Å². The zero-order valence-electron chi connectivity index (χ0n) is 16.4. The smallest absolute Gasteiger partial charge is 0.338 e. The van der Waals surface area contributed by atoms with Crippen LogP contribution in [0.2, 0.25) is 0 Å². The van der Waals surface area contributed by atoms with Crippen molar-refractivity contribution >= 4 is 5.97 Å². The second kappa shape index (κ2) is 7.97. The van der Waals surface area contributed by atoms with E-state index in [-0.39, 0.29) is 5.97 Å². The summed E-state index contributed by atoms with van der Waals surface area (Å²) < 4.78 is 6.97. The van der Waals surface area contributed by atoms with Gasteiger partial charge in [-0.25, -0.2) is 4.79 Å². The van der Waals surface area contributed by atoms with Gasteiger partial charge in [0.1, 0.15) is 0 Å². The van der Waals surface area contributed by atoms with Crippen molar-refractivity contribution in [2.45, 2.75) is 39.2 Å². The summed E-state index contributed by atoms with van der Waals surface area (Å²) >= 11 is 0. The van der Waals surface area contributed by atoms with Crippen LogP contribution in [0.4, 0.5) is 0 Å². The summed E-state index contributed by atoms with van der Waals surface area (Å²) in [6.45, 7) is 2.88. The number of hydrogen-bond donors (Lipinski definition) is 0. The number of aryl methyl sites for hydroxylation is 1. The van der Waals surface area contributed by atoms with Crippen molar-refractivity contribution in [3.05, 3.63) is 60.0 Å². The van der Waals surface area contributed by atoms with E-state index in [1.165, 1.54) is 32.8 Å². The predicted molar refractivity (Wildman–Crippen MR) is 109 cm³/mol. The molecule has 2 heterocycles. The second-order valence-electron chi connectivity index (χ2n) is 7.52. The van der Waals surface area contributed by atoms with Crippen LogP contribution in [-0.4, -0.2) is 27.8 Å². The molecule has 2 aromatic heterocycles. The van der Waals surface area contributed by atoms with Crippen LogP contribution in [0, 0.1) is 12.8 Å². The molecule has 5 heteroatoms. The number of methoxy groups -OCH3 is 1. The zero-order chi connectivity index (χ0) is 19.5. The number of rotatable bonds is 5. The van der Waals surface area contributed by atoms with E-state index in [1.54, 1.807) is 6.20 Å². The van der Waals surface area contributed by atoms with E-state index in [4.69, 9.17) is 4.74 Å². The highest BCUT2D eigenvalue weighted by molar-refractivity contribution is 5.93. The van der Waals surface area contributed by atoms with Gasteiger partial charge in [-0.2, -0.15) is 5.10 Å². The maximum atomic E-state index is 12.1. The minimum atomic E-state index is -0.332. The van der Waals surface area contributed by atoms with Gasteiger partial charge in [0.05, 0.1) is 24.6 Å². The Balaban J connectivity index is 1.68. The first-order valence-corrected chi connectivity index (χ1v) is 9.83. The molecular weight excluding hydrogens is 350 g/mol. The van der Waals surface area contributed by atoms with Gasteiger partial charge in [-0.1, -0.05) is 31.0 Å². The highest BCUT2D eigenvalue weighted by atomic mass is 16.5. The lowest BCUT2D eigenvalue weighted by molar-refractivity contribution is 0.0600. The first-order valence-electron chi connectivity index (χ1n) is 9.83. The minimum Gasteiger partial charge on any atom is -0.465 e. The summed E-state index contributed by atoms with van der Waals surface area (Å²) in [5.41, 5.74) is 5.24. The number of carbonyl (C=O) groups is 1. The summed E-state index contributed by atoms with van der Waals surface area (Å²) in [5.74, 6) is 0.405. The third-order valence-corrected chi connectivity index (χ3v) is 5.59. The van der Waals surface area contributed by atoms with E-state index in [1.807, 2.05) is 37.4 Å². The van der Waals surface area contributed by atoms with Gasteiger partial charge in [0.2, 0.25) is 0 Å². The summed E-state index contributed by atoms with van der Waals surface area (Å²) in [5, 5.41) is 4.58. The number of hydrogen-bond acceptors (Lipinski definition) is 4. The Bertz CT molecular complexity index is 987. The minimum absolute atomic E-state index is 0.332. The number of carbonyl (C=O) groups excluding carboxylic acids is 1. The van der Waals surface area contributed by atoms with Crippen LogP contribution in [0.25, 0.3) is 22.4 Å². The average molecular weight is 375 g/mol. The Kier molecular flexibility index (Phi) is 5.24. The standard InChI is InChI=1S/C23H25N3O2/c1-16-9-10-18(12-21(16)23(27)28-2)22-20(8-5-11-24-22)19-13-25-26(15-19)14-17-6-3-4-7-17/h5,8-13,15,17H,3-4,6-7,14H2,1-2H3. The quantitative estimate of drug-likeness (QED) is 0.595. The third kappa shape index (κ3) is 3.70. The Hall–Kier alpha value is -2.95. The van der Waals surface area contributed by atoms with E-state index in [2.05, 4.69) is 27.0 Å². The Morgan fingerprint density at radius 3 is 2.82 bits per heavy atom. The zero-order valence-corrected chi connectivity index (χ0v) is 16.4. The number of ether oxygens (including phenoxy) is 1. The number of nitrogens with zero attached hydrogens (tertiary/aromatic N) is 3. The largest absolute Gasteiger partial charge is 0.465 e. The fourth-order valence-electron chi connectivity index (χ4n) is 4.03. The van der Waals surface area contributed by atoms with E-state index in [0.717, 1.165) is 40.4 Å². The highest BCUT2D eigenvalue weighted by Crippen LogP contribution is 2.32. The molecule has 28 heavy (non-hydrogen) atoms. The first-order chi connectivity index (χ1) is 13.7. The van der Waals surface area contributed by atoms with Crippen LogP contribution in [0.1, 0.15) is 41.6 Å². The maximum Gasteiger partial charge on any atom is 0.338 e. The molecule has 0 spiro atoms. The molecule has 0 atom stereocenters. The SMILES string of the molecule is COC(=O)c1cc(-c2ncccc2-c2cnn(CC3CCCC3)c2)ccc1C. The van der Waals surface area contributed by atoms with Crippen molar-refractivity contribution in [3.63, 3.8) is 0 Å². The van der Waals surface area contributed by atoms with Gasteiger partial charge in [0.15, 0.2) is 0 Å². The van der Waals surface area contributed by atoms with Crippen LogP contribution in [-0.2, 0) is 11.3 Å². The molecule has 0 bridgehead atoms. The molecule has 1 saturated carbocycles. The van der Waals surface area contributed by atoms with Crippen molar-refractivity contribution in [1.82, 2.24) is 14.8 Å². The molecule has 3 aromatic rings. The molecule has 1 fully saturated rings. The Morgan fingerprint density at radius 2 is 2.04 bits per heavy atom. The molecule has 5 nitrogen and oxygen atoms in total. The molecule has 4 rings (SSSR count). The Morgan fingerprint density at radius 1 is 1.21 bits per heavy atom. The molecule has 144 valence electrons. The summed E-state index contributed by atoms with van der Waals surface area (Å²) in [6, 6.07) is 9.77. The van der Waals surface area contributed by atoms with Gasteiger partial charge in [0, 0.05) is 35.6 Å². The lowest BCUT2D eigenvalue weighted by Crippen LogP contribution is -2.07. The first kappa shape index (κ1) is 18.4. The van der Waals surface area contributed by atoms with Gasteiger partial charge in [0.25, 0.3) is 0 Å². The molecule has 0 amide bonds. The van der Waals surface area contributed by atoms with Crippen molar-refractivity contribution in [3.8, 4) is 22.4 Å². The van der Waals surface area contributed by atoms with E-state index in [9.17, 15) is 4.79 Å². The summed E-state index contributed by atoms with van der Waals surface area (Å²) in [6.07, 6.45) is 11.1. The number of pyridine rings is 1. The molecule has 1 aliphatic carbocycles. The predicted octanol–water partition coefficient (Wildman–Crippen LogP) is 4.90. The molecule has 1 aromatic carbocycles. The topological polar surface area (TPSA) is 57.0 Å². The number of benzene rings is 1. The lowest BCUT2D eigenvalue weighted by Gasteiger charge is -2.10. The second-order valence-corrected chi connectivity index (χ2v) is 7.52. The fourth-order valence-corrected chi connectivity index (χ4v) is 4.03. The molecule has 0 N–H and O–H groups in total. The average Bonchev–Trinajstić information content (AvgIpc) is 3.40. The van der Waals surface area contributed by atoms with Crippen molar-refractivity contribution in [1.29, 1.82) is 0 Å². The monoisotopic (exact) mass is 375 g/mol. The van der Waals surface area contributed by atoms with E-state index in [0.29, 0.717) is 5.56 Å². The van der Waals surface area contributed by atoms with Crippen LogP contribution >= 0.6 is 0 Å². The molecule has 0 saturated heterocycles. The summed E-state index contributed by atoms with van der Waals surface area (Å²) in [4.78, 5) is 16.7. The van der Waals surface area contributed by atoms with Crippen LogP contribution in [0.5, 0.6) is 0 Å². The van der Waals surface area contributed by atoms with Gasteiger partial charge in [-0.3, -0.25) is 9.67 Å². The molecule has 1 aliphatic rings. The normalized spacial score (nSPS) is 14.4. The van der Waals surface area contributed by atoms with Crippen LogP contribution in [0.15, 0.2) is 48.9 Å². The maximum absolute atomic E-state index is 12.1. The van der Waals surface area contributed by atoms with Crippen LogP contribution < -0.4 is 0 Å². The fraction of sp³-hybridized carbons (Fsp3) is 0.348. The van der Waals surface area contributed by atoms with Gasteiger partial charge in [-0.15, -0.1) is 0 Å². The molecule has 0 unspecified atom stereocenters. The van der Waals surface area contributed by atoms with E-state index >= 15 is 0 Å². The number of aromatic nitrogens is 3. The third-order valence-electron chi connectivity index (χ3n) is 5.59. The molecular formula is C23H25N3O2. The van der Waals surface area contributed by atoms with Gasteiger partial charge >= 0.3 is 5.97 Å². The molecule has 0 aliphatic heterocycles.